The fourth-order valence-corrected chi connectivity index (χ4v) is 4.25. The Balaban J connectivity index is 1.49. The molecule has 4 rings (SSSR count). The molecule has 1 heterocycles. The molecule has 4 aromatic rings. The van der Waals surface area contributed by atoms with E-state index in [2.05, 4.69) is 52.1 Å². The summed E-state index contributed by atoms with van der Waals surface area (Å²) >= 11 is 6.70. The van der Waals surface area contributed by atoms with Gasteiger partial charge in [0, 0.05) is 24.3 Å². The van der Waals surface area contributed by atoms with Crippen LogP contribution in [0, 0.1) is 0 Å². The van der Waals surface area contributed by atoms with Gasteiger partial charge in [0.15, 0.2) is 0 Å². The number of halogens is 1. The number of aryl methyl sites for hydroxylation is 1. The number of imidazole rings is 1. The Morgan fingerprint density at radius 3 is 2.58 bits per heavy atom. The molecule has 0 aliphatic carbocycles. The van der Waals surface area contributed by atoms with Gasteiger partial charge < -0.3 is 14.6 Å². The molecule has 1 aromatic heterocycles. The minimum atomic E-state index is 0.711. The monoisotopic (exact) mass is 433 g/mol. The molecular weight excluding hydrogens is 406 g/mol. The average Bonchev–Trinajstić information content (AvgIpc) is 3.22. The maximum Gasteiger partial charge on any atom is 0.139 e. The zero-order valence-corrected chi connectivity index (χ0v) is 18.8. The highest BCUT2D eigenvalue weighted by molar-refractivity contribution is 6.33. The van der Waals surface area contributed by atoms with Gasteiger partial charge in [-0.3, -0.25) is 0 Å². The molecule has 0 aliphatic rings. The van der Waals surface area contributed by atoms with Crippen LogP contribution in [0.15, 0.2) is 66.7 Å². The number of hydrogen-bond acceptors (Lipinski definition) is 3. The third-order valence-corrected chi connectivity index (χ3v) is 5.84. The summed E-state index contributed by atoms with van der Waals surface area (Å²) in [5.41, 5.74) is 5.28. The average molecular weight is 434 g/mol. The predicted molar refractivity (Wildman–Crippen MR) is 130 cm³/mol. The number of nitrogens with one attached hydrogen (secondary N) is 1. The number of benzene rings is 3. The molecule has 0 spiro atoms. The lowest BCUT2D eigenvalue weighted by molar-refractivity contribution is 0.409. The van der Waals surface area contributed by atoms with Gasteiger partial charge in [-0.15, -0.1) is 0 Å². The highest BCUT2D eigenvalue weighted by atomic mass is 35.5. The molecule has 0 bridgehead atoms. The van der Waals surface area contributed by atoms with Crippen LogP contribution < -0.4 is 9.64 Å². The first-order chi connectivity index (χ1) is 15.2. The van der Waals surface area contributed by atoms with Gasteiger partial charge in [0.2, 0.25) is 0 Å². The van der Waals surface area contributed by atoms with E-state index in [1.54, 1.807) is 7.11 Å². The van der Waals surface area contributed by atoms with Gasteiger partial charge in [0.1, 0.15) is 11.6 Å². The molecule has 0 amide bonds. The lowest BCUT2D eigenvalue weighted by atomic mass is 10.1. The smallest absolute Gasteiger partial charge is 0.139 e. The molecule has 1 N–H and O–H groups in total. The van der Waals surface area contributed by atoms with Gasteiger partial charge in [-0.25, -0.2) is 4.98 Å². The van der Waals surface area contributed by atoms with E-state index in [-0.39, 0.29) is 0 Å². The van der Waals surface area contributed by atoms with Crippen molar-refractivity contribution in [2.75, 3.05) is 25.1 Å². The molecule has 160 valence electrons. The van der Waals surface area contributed by atoms with Crippen LogP contribution in [0.3, 0.4) is 0 Å². The summed E-state index contributed by atoms with van der Waals surface area (Å²) in [7, 11) is 1.73. The minimum absolute atomic E-state index is 0.711. The summed E-state index contributed by atoms with van der Waals surface area (Å²) in [6.07, 6.45) is 3.11. The molecule has 4 nitrogen and oxygen atoms in total. The van der Waals surface area contributed by atoms with Gasteiger partial charge >= 0.3 is 0 Å². The second-order valence-electron chi connectivity index (χ2n) is 7.67. The number of nitrogens with zero attached hydrogens (tertiary/aromatic N) is 2. The fraction of sp³-hybridized carbons (Fsp3) is 0.269. The molecule has 0 saturated heterocycles. The standard InChI is InChI=1S/C26H28ClN3O/c1-3-16-30(17-8-10-19-9-4-7-13-25(19)31-2)20-14-15-21(22(27)18-20)26-28-23-11-5-6-12-24(23)29-26/h4-7,9,11-15,18H,3,8,10,16-17H2,1-2H3,(H,28,29). The van der Waals surface area contributed by atoms with Gasteiger partial charge in [-0.1, -0.05) is 48.9 Å². The Labute approximate surface area is 188 Å². The van der Waals surface area contributed by atoms with Gasteiger partial charge in [0.05, 0.1) is 23.2 Å². The van der Waals surface area contributed by atoms with Crippen molar-refractivity contribution in [3.63, 3.8) is 0 Å². The first-order valence-electron chi connectivity index (χ1n) is 10.8. The molecule has 0 radical (unpaired) electrons. The number of para-hydroxylation sites is 3. The van der Waals surface area contributed by atoms with Crippen molar-refractivity contribution in [1.82, 2.24) is 9.97 Å². The van der Waals surface area contributed by atoms with Crippen molar-refractivity contribution in [3.8, 4) is 17.1 Å². The number of anilines is 1. The summed E-state index contributed by atoms with van der Waals surface area (Å²) in [6.45, 7) is 4.16. The molecule has 0 atom stereocenters. The van der Waals surface area contributed by atoms with Crippen molar-refractivity contribution < 1.29 is 4.74 Å². The Bertz CT molecular complexity index is 1120. The number of aromatic nitrogens is 2. The van der Waals surface area contributed by atoms with E-state index in [1.165, 1.54) is 5.56 Å². The zero-order chi connectivity index (χ0) is 21.6. The van der Waals surface area contributed by atoms with Crippen LogP contribution in [0.4, 0.5) is 5.69 Å². The molecular formula is C26H28ClN3O. The van der Waals surface area contributed by atoms with Crippen LogP contribution in [-0.4, -0.2) is 30.2 Å². The van der Waals surface area contributed by atoms with Crippen LogP contribution in [-0.2, 0) is 6.42 Å². The van der Waals surface area contributed by atoms with Crippen molar-refractivity contribution >= 4 is 28.3 Å². The second-order valence-corrected chi connectivity index (χ2v) is 8.08. The SMILES string of the molecule is CCCN(CCCc1ccccc1OC)c1ccc(-c2nc3ccccc3[nH]2)c(Cl)c1. The lowest BCUT2D eigenvalue weighted by Gasteiger charge is -2.25. The van der Waals surface area contributed by atoms with E-state index >= 15 is 0 Å². The minimum Gasteiger partial charge on any atom is -0.496 e. The van der Waals surface area contributed by atoms with Crippen LogP contribution in [0.25, 0.3) is 22.4 Å². The van der Waals surface area contributed by atoms with E-state index < -0.39 is 0 Å². The summed E-state index contributed by atoms with van der Waals surface area (Å²) in [4.78, 5) is 10.5. The first kappa shape index (κ1) is 21.3. The van der Waals surface area contributed by atoms with Crippen molar-refractivity contribution in [2.24, 2.45) is 0 Å². The van der Waals surface area contributed by atoms with Crippen molar-refractivity contribution in [1.29, 1.82) is 0 Å². The van der Waals surface area contributed by atoms with E-state index in [9.17, 15) is 0 Å². The molecule has 31 heavy (non-hydrogen) atoms. The number of fused-ring (bicyclic) bond motifs is 1. The van der Waals surface area contributed by atoms with Gasteiger partial charge in [-0.2, -0.15) is 0 Å². The summed E-state index contributed by atoms with van der Waals surface area (Å²) in [6, 6.07) is 22.5. The molecule has 0 saturated carbocycles. The maximum atomic E-state index is 6.70. The van der Waals surface area contributed by atoms with Crippen LogP contribution >= 0.6 is 11.6 Å². The highest BCUT2D eigenvalue weighted by Gasteiger charge is 2.13. The Kier molecular flexibility index (Phi) is 6.78. The normalized spacial score (nSPS) is 11.1. The van der Waals surface area contributed by atoms with Crippen LogP contribution in [0.5, 0.6) is 5.75 Å². The summed E-state index contributed by atoms with van der Waals surface area (Å²) in [5.74, 6) is 1.76. The number of methoxy groups -OCH3 is 1. The van der Waals surface area contributed by atoms with E-state index in [0.29, 0.717) is 5.02 Å². The first-order valence-corrected chi connectivity index (χ1v) is 11.2. The second kappa shape index (κ2) is 9.88. The van der Waals surface area contributed by atoms with Gasteiger partial charge in [0.25, 0.3) is 0 Å². The van der Waals surface area contributed by atoms with Crippen LogP contribution in [0.1, 0.15) is 25.3 Å². The molecule has 0 unspecified atom stereocenters. The number of ether oxygens (including phenoxy) is 1. The summed E-state index contributed by atoms with van der Waals surface area (Å²) < 4.78 is 5.49. The topological polar surface area (TPSA) is 41.1 Å². The van der Waals surface area contributed by atoms with E-state index in [1.807, 2.05) is 36.4 Å². The zero-order valence-electron chi connectivity index (χ0n) is 18.1. The molecule has 3 aromatic carbocycles. The number of H-pyrrole nitrogens is 1. The number of aromatic amines is 1. The van der Waals surface area contributed by atoms with E-state index in [4.69, 9.17) is 16.3 Å². The molecule has 0 aliphatic heterocycles. The molecule has 5 heteroatoms. The van der Waals surface area contributed by atoms with Gasteiger partial charge in [-0.05, 0) is 61.2 Å². The summed E-state index contributed by atoms with van der Waals surface area (Å²) in [5, 5.41) is 0.711. The van der Waals surface area contributed by atoms with E-state index in [0.717, 1.165) is 66.2 Å². The fourth-order valence-electron chi connectivity index (χ4n) is 3.98. The Morgan fingerprint density at radius 1 is 1.00 bits per heavy atom. The highest BCUT2D eigenvalue weighted by Crippen LogP contribution is 2.31. The lowest BCUT2D eigenvalue weighted by Crippen LogP contribution is -2.25. The Hall–Kier alpha value is -2.98. The van der Waals surface area contributed by atoms with Crippen molar-refractivity contribution in [2.45, 2.75) is 26.2 Å². The van der Waals surface area contributed by atoms with Crippen molar-refractivity contribution in [3.05, 3.63) is 77.3 Å². The predicted octanol–water partition coefficient (Wildman–Crippen LogP) is 6.74. The molecule has 0 fully saturated rings. The number of rotatable bonds is 9. The Morgan fingerprint density at radius 2 is 1.81 bits per heavy atom. The third-order valence-electron chi connectivity index (χ3n) is 5.52. The third kappa shape index (κ3) is 4.86. The quantitative estimate of drug-likeness (QED) is 0.317. The maximum absolute atomic E-state index is 6.70. The van der Waals surface area contributed by atoms with Crippen LogP contribution in [0.2, 0.25) is 5.02 Å². The number of hydrogen-bond donors (Lipinski definition) is 1. The largest absolute Gasteiger partial charge is 0.496 e.